The number of rotatable bonds is 8. The van der Waals surface area contributed by atoms with Crippen molar-refractivity contribution in [2.24, 2.45) is 5.73 Å². The van der Waals surface area contributed by atoms with Crippen LogP contribution in [0.1, 0.15) is 53.0 Å². The highest BCUT2D eigenvalue weighted by molar-refractivity contribution is 6.33. The molecule has 1 aliphatic carbocycles. The molecule has 0 bridgehead atoms. The minimum absolute atomic E-state index is 0.0229. The van der Waals surface area contributed by atoms with Gasteiger partial charge in [-0.25, -0.2) is 13.9 Å². The standard InChI is InChI=1S/C30H26ClF4N5O5/c1-28(27(36)42)13-45-25-19(28)11-22(38-24(25)18-6-5-16(32)9-20(18)31)29(43,30(33,34)35)12-37-26(41)15-7-17-10-21(14-3-4-14)39-40(17)23(8-15)44-2/h5-11,14,43H,3-4,12-13H2,1-2H3,(H2,36,42)(H,37,41)/t28-,29-/m0/s1. The van der Waals surface area contributed by atoms with E-state index in [9.17, 15) is 32.3 Å². The van der Waals surface area contributed by atoms with E-state index in [0.717, 1.165) is 36.7 Å². The lowest BCUT2D eigenvalue weighted by Gasteiger charge is -2.31. The third-order valence-corrected chi connectivity index (χ3v) is 8.53. The molecule has 6 rings (SSSR count). The minimum atomic E-state index is -5.39. The molecule has 2 aliphatic rings. The summed E-state index contributed by atoms with van der Waals surface area (Å²) >= 11 is 6.23. The molecule has 0 radical (unpaired) electrons. The average Bonchev–Trinajstić information content (AvgIpc) is 3.65. The topological polar surface area (TPSA) is 141 Å². The number of amides is 2. The number of pyridine rings is 2. The molecule has 45 heavy (non-hydrogen) atoms. The molecule has 1 fully saturated rings. The highest BCUT2D eigenvalue weighted by atomic mass is 35.5. The largest absolute Gasteiger partial charge is 0.489 e. The number of carbonyl (C=O) groups is 2. The fourth-order valence-corrected chi connectivity index (χ4v) is 5.51. The molecule has 2 amide bonds. The van der Waals surface area contributed by atoms with Gasteiger partial charge in [0.15, 0.2) is 0 Å². The van der Waals surface area contributed by atoms with Crippen LogP contribution in [0.3, 0.4) is 0 Å². The van der Waals surface area contributed by atoms with Crippen molar-refractivity contribution < 1.29 is 41.7 Å². The zero-order valence-electron chi connectivity index (χ0n) is 23.8. The fourth-order valence-electron chi connectivity index (χ4n) is 5.25. The molecule has 1 aliphatic heterocycles. The van der Waals surface area contributed by atoms with E-state index >= 15 is 0 Å². The molecule has 1 saturated carbocycles. The van der Waals surface area contributed by atoms with Crippen molar-refractivity contribution in [2.75, 3.05) is 20.3 Å². The van der Waals surface area contributed by atoms with E-state index in [4.69, 9.17) is 26.8 Å². The number of fused-ring (bicyclic) bond motifs is 2. The Kier molecular flexibility index (Phi) is 7.20. The fraction of sp³-hybridized carbons (Fsp3) is 0.333. The van der Waals surface area contributed by atoms with Crippen LogP contribution in [-0.4, -0.2) is 58.0 Å². The summed E-state index contributed by atoms with van der Waals surface area (Å²) in [7, 11) is 1.37. The maximum absolute atomic E-state index is 14.8. The summed E-state index contributed by atoms with van der Waals surface area (Å²) in [5, 5.41) is 17.7. The van der Waals surface area contributed by atoms with Gasteiger partial charge >= 0.3 is 6.18 Å². The average molecular weight is 648 g/mol. The molecule has 4 heterocycles. The molecule has 236 valence electrons. The van der Waals surface area contributed by atoms with Gasteiger partial charge in [0.1, 0.15) is 29.3 Å². The van der Waals surface area contributed by atoms with Gasteiger partial charge in [-0.05, 0) is 56.2 Å². The molecule has 0 spiro atoms. The number of benzene rings is 1. The number of hydrogen-bond donors (Lipinski definition) is 3. The second-order valence-electron chi connectivity index (χ2n) is 11.3. The molecule has 1 aromatic carbocycles. The molecule has 0 saturated heterocycles. The molecule has 4 N–H and O–H groups in total. The lowest BCUT2D eigenvalue weighted by molar-refractivity contribution is -0.265. The van der Waals surface area contributed by atoms with Gasteiger partial charge < -0.3 is 25.6 Å². The van der Waals surface area contributed by atoms with Crippen molar-refractivity contribution in [3.05, 3.63) is 75.8 Å². The number of nitrogens with one attached hydrogen (secondary N) is 1. The molecule has 10 nitrogen and oxygen atoms in total. The summed E-state index contributed by atoms with van der Waals surface area (Å²) in [5.74, 6) is -2.20. The highest BCUT2D eigenvalue weighted by Gasteiger charge is 2.57. The number of hydrogen-bond acceptors (Lipinski definition) is 7. The van der Waals surface area contributed by atoms with E-state index in [2.05, 4.69) is 15.4 Å². The van der Waals surface area contributed by atoms with Crippen molar-refractivity contribution in [3.8, 4) is 22.9 Å². The summed E-state index contributed by atoms with van der Waals surface area (Å²) < 4.78 is 70.6. The summed E-state index contributed by atoms with van der Waals surface area (Å²) in [5.41, 5.74) is 0.119. The second-order valence-corrected chi connectivity index (χ2v) is 11.8. The first kappa shape index (κ1) is 30.6. The van der Waals surface area contributed by atoms with Gasteiger partial charge in [-0.3, -0.25) is 9.59 Å². The maximum atomic E-state index is 14.8. The second kappa shape index (κ2) is 10.6. The third-order valence-electron chi connectivity index (χ3n) is 8.21. The Labute approximate surface area is 258 Å². The van der Waals surface area contributed by atoms with Crippen LogP contribution in [0.15, 0.2) is 42.5 Å². The van der Waals surface area contributed by atoms with Crippen LogP contribution in [-0.2, 0) is 15.8 Å². The zero-order valence-corrected chi connectivity index (χ0v) is 24.6. The normalized spacial score (nSPS) is 19.1. The van der Waals surface area contributed by atoms with Crippen LogP contribution < -0.4 is 20.5 Å². The Balaban J connectivity index is 1.41. The minimum Gasteiger partial charge on any atom is -0.489 e. The number of methoxy groups -OCH3 is 1. The Morgan fingerprint density at radius 3 is 2.58 bits per heavy atom. The smallest absolute Gasteiger partial charge is 0.424 e. The van der Waals surface area contributed by atoms with Crippen molar-refractivity contribution in [3.63, 3.8) is 0 Å². The number of carbonyl (C=O) groups excluding carboxylic acids is 2. The van der Waals surface area contributed by atoms with Crippen LogP contribution in [0.25, 0.3) is 16.8 Å². The first-order valence-electron chi connectivity index (χ1n) is 13.8. The lowest BCUT2D eigenvalue weighted by atomic mass is 9.81. The number of nitrogens with two attached hydrogens (primary N) is 1. The summed E-state index contributed by atoms with van der Waals surface area (Å²) in [6, 6.07) is 8.52. The first-order valence-corrected chi connectivity index (χ1v) is 14.1. The van der Waals surface area contributed by atoms with E-state index in [1.165, 1.54) is 36.7 Å². The molecule has 2 atom stereocenters. The summed E-state index contributed by atoms with van der Waals surface area (Å²) in [4.78, 5) is 29.8. The van der Waals surface area contributed by atoms with Crippen LogP contribution in [0.4, 0.5) is 17.6 Å². The number of ether oxygens (including phenoxy) is 2. The third kappa shape index (κ3) is 5.11. The zero-order chi connectivity index (χ0) is 32.5. The van der Waals surface area contributed by atoms with E-state index in [0.29, 0.717) is 11.4 Å². The molecular weight excluding hydrogens is 622 g/mol. The van der Waals surface area contributed by atoms with Gasteiger partial charge in [-0.15, -0.1) is 0 Å². The van der Waals surface area contributed by atoms with Gasteiger partial charge in [0.25, 0.3) is 5.91 Å². The van der Waals surface area contributed by atoms with E-state index in [1.54, 1.807) is 6.07 Å². The van der Waals surface area contributed by atoms with Crippen LogP contribution >= 0.6 is 11.6 Å². The van der Waals surface area contributed by atoms with Crippen molar-refractivity contribution in [2.45, 2.75) is 42.9 Å². The van der Waals surface area contributed by atoms with Gasteiger partial charge in [-0.2, -0.15) is 18.3 Å². The molecule has 3 aromatic heterocycles. The molecule has 15 heteroatoms. The highest BCUT2D eigenvalue weighted by Crippen LogP contribution is 2.48. The number of primary amides is 1. The molecule has 0 unspecified atom stereocenters. The van der Waals surface area contributed by atoms with Crippen molar-refractivity contribution in [1.29, 1.82) is 0 Å². The monoisotopic (exact) mass is 647 g/mol. The number of aliphatic hydroxyl groups is 1. The Morgan fingerprint density at radius 2 is 1.96 bits per heavy atom. The maximum Gasteiger partial charge on any atom is 0.424 e. The molecule has 4 aromatic rings. The SMILES string of the molecule is COc1cc(C(=O)NC[C@](O)(c2cc3c(c(-c4ccc(F)cc4Cl)n2)OC[C@]3(C)C(N)=O)C(F)(F)F)cc2cc(C3CC3)nn12. The van der Waals surface area contributed by atoms with Crippen LogP contribution in [0.2, 0.25) is 5.02 Å². The number of nitrogens with zero attached hydrogens (tertiary/aromatic N) is 3. The van der Waals surface area contributed by atoms with Crippen LogP contribution in [0.5, 0.6) is 11.6 Å². The van der Waals surface area contributed by atoms with Crippen molar-refractivity contribution >= 4 is 28.9 Å². The Bertz CT molecular complexity index is 1880. The number of alkyl halides is 3. The first-order chi connectivity index (χ1) is 21.2. The van der Waals surface area contributed by atoms with Crippen molar-refractivity contribution in [1.82, 2.24) is 19.9 Å². The van der Waals surface area contributed by atoms with Gasteiger partial charge in [0, 0.05) is 28.7 Å². The number of aromatic nitrogens is 3. The predicted octanol–water partition coefficient (Wildman–Crippen LogP) is 4.39. The number of halogens is 5. The van der Waals surface area contributed by atoms with Gasteiger partial charge in [-0.1, -0.05) is 11.6 Å². The van der Waals surface area contributed by atoms with E-state index in [-0.39, 0.29) is 45.6 Å². The van der Waals surface area contributed by atoms with Gasteiger partial charge in [0.05, 0.1) is 35.6 Å². The predicted molar refractivity (Wildman–Crippen MR) is 153 cm³/mol. The van der Waals surface area contributed by atoms with E-state index in [1.807, 2.05) is 0 Å². The van der Waals surface area contributed by atoms with E-state index < -0.39 is 47.1 Å². The van der Waals surface area contributed by atoms with Gasteiger partial charge in [0.2, 0.25) is 17.4 Å². The lowest BCUT2D eigenvalue weighted by Crippen LogP contribution is -2.51. The Hall–Kier alpha value is -4.43. The molecular formula is C30H26ClF4N5O5. The van der Waals surface area contributed by atoms with Crippen LogP contribution in [0, 0.1) is 5.82 Å². The Morgan fingerprint density at radius 1 is 1.22 bits per heavy atom. The quantitative estimate of drug-likeness (QED) is 0.241. The summed E-state index contributed by atoms with van der Waals surface area (Å²) in [6.07, 6.45) is -3.43. The summed E-state index contributed by atoms with van der Waals surface area (Å²) in [6.45, 7) is -0.340.